The van der Waals surface area contributed by atoms with Gasteiger partial charge in [0, 0.05) is 10.7 Å². The Morgan fingerprint density at radius 2 is 1.67 bits per heavy atom. The minimum atomic E-state index is -3.87. The van der Waals surface area contributed by atoms with Gasteiger partial charge in [-0.1, -0.05) is 35.3 Å². The van der Waals surface area contributed by atoms with Crippen LogP contribution in [-0.2, 0) is 14.8 Å². The van der Waals surface area contributed by atoms with Gasteiger partial charge in [-0.25, -0.2) is 8.42 Å². The fourth-order valence-electron chi connectivity index (χ4n) is 2.90. The number of methoxy groups -OCH3 is 1. The second kappa shape index (κ2) is 10.8. The molecular formula is C23H22Cl2N2O5S. The van der Waals surface area contributed by atoms with Crippen molar-refractivity contribution in [3.8, 4) is 11.5 Å². The van der Waals surface area contributed by atoms with Crippen molar-refractivity contribution in [1.29, 1.82) is 0 Å². The van der Waals surface area contributed by atoms with Crippen molar-refractivity contribution >= 4 is 44.8 Å². The molecule has 2 N–H and O–H groups in total. The molecule has 0 saturated carbocycles. The van der Waals surface area contributed by atoms with Gasteiger partial charge in [0.25, 0.3) is 15.9 Å². The first-order valence-electron chi connectivity index (χ1n) is 9.82. The fraction of sp³-hybridized carbons (Fsp3) is 0.174. The highest BCUT2D eigenvalue weighted by Gasteiger charge is 2.17. The van der Waals surface area contributed by atoms with Crippen molar-refractivity contribution in [3.63, 3.8) is 0 Å². The first-order valence-corrected chi connectivity index (χ1v) is 12.1. The zero-order valence-electron chi connectivity index (χ0n) is 17.8. The maximum atomic E-state index is 12.6. The van der Waals surface area contributed by atoms with Crippen molar-refractivity contribution < 1.29 is 22.7 Å². The molecule has 3 aromatic rings. The molecule has 0 heterocycles. The molecule has 33 heavy (non-hydrogen) atoms. The van der Waals surface area contributed by atoms with Crippen LogP contribution >= 0.6 is 23.2 Å². The highest BCUT2D eigenvalue weighted by atomic mass is 35.5. The SMILES string of the molecule is COc1ccc(C(C)NC(=O)COc2ccc(S(=O)(=O)Nc3ccc(Cl)cc3)cc2Cl)cc1. The van der Waals surface area contributed by atoms with Gasteiger partial charge in [-0.2, -0.15) is 0 Å². The molecule has 10 heteroatoms. The number of hydrogen-bond acceptors (Lipinski definition) is 5. The lowest BCUT2D eigenvalue weighted by atomic mass is 10.1. The van der Waals surface area contributed by atoms with Crippen LogP contribution in [0.2, 0.25) is 10.0 Å². The summed E-state index contributed by atoms with van der Waals surface area (Å²) in [6, 6.07) is 17.3. The molecule has 0 fully saturated rings. The average Bonchev–Trinajstić information content (AvgIpc) is 2.79. The minimum absolute atomic E-state index is 0.0487. The molecule has 0 spiro atoms. The number of hydrogen-bond donors (Lipinski definition) is 2. The van der Waals surface area contributed by atoms with Crippen molar-refractivity contribution in [2.24, 2.45) is 0 Å². The summed E-state index contributed by atoms with van der Waals surface area (Å²) in [7, 11) is -2.29. The Morgan fingerprint density at radius 3 is 2.27 bits per heavy atom. The van der Waals surface area contributed by atoms with Gasteiger partial charge in [0.05, 0.1) is 23.1 Å². The van der Waals surface area contributed by atoms with Gasteiger partial charge in [0.15, 0.2) is 6.61 Å². The molecule has 3 aromatic carbocycles. The lowest BCUT2D eigenvalue weighted by molar-refractivity contribution is -0.123. The predicted molar refractivity (Wildman–Crippen MR) is 129 cm³/mol. The van der Waals surface area contributed by atoms with E-state index in [1.165, 1.54) is 18.2 Å². The van der Waals surface area contributed by atoms with Crippen molar-refractivity contribution in [3.05, 3.63) is 82.3 Å². The summed E-state index contributed by atoms with van der Waals surface area (Å²) >= 11 is 12.0. The molecular weight excluding hydrogens is 487 g/mol. The zero-order valence-corrected chi connectivity index (χ0v) is 20.2. The largest absolute Gasteiger partial charge is 0.497 e. The van der Waals surface area contributed by atoms with E-state index >= 15 is 0 Å². The number of amides is 1. The van der Waals surface area contributed by atoms with Crippen LogP contribution in [0.4, 0.5) is 5.69 Å². The molecule has 7 nitrogen and oxygen atoms in total. The van der Waals surface area contributed by atoms with Crippen LogP contribution in [0.3, 0.4) is 0 Å². The molecule has 0 aliphatic heterocycles. The summed E-state index contributed by atoms with van der Waals surface area (Å²) in [6.07, 6.45) is 0. The molecule has 0 bridgehead atoms. The van der Waals surface area contributed by atoms with E-state index in [1.54, 1.807) is 31.4 Å². The topological polar surface area (TPSA) is 93.7 Å². The fourth-order valence-corrected chi connectivity index (χ4v) is 4.41. The third-order valence-corrected chi connectivity index (χ3v) is 6.59. The Labute approximate surface area is 202 Å². The first kappa shape index (κ1) is 24.7. The summed E-state index contributed by atoms with van der Waals surface area (Å²) in [6.45, 7) is 1.56. The summed E-state index contributed by atoms with van der Waals surface area (Å²) in [5, 5.41) is 3.38. The average molecular weight is 509 g/mol. The number of carbonyl (C=O) groups is 1. The molecule has 1 atom stereocenters. The predicted octanol–water partition coefficient (Wildman–Crippen LogP) is 5.06. The Balaban J connectivity index is 1.59. The van der Waals surface area contributed by atoms with E-state index < -0.39 is 10.0 Å². The molecule has 0 aliphatic rings. The molecule has 0 saturated heterocycles. The molecule has 0 radical (unpaired) electrons. The normalized spacial score (nSPS) is 12.0. The van der Waals surface area contributed by atoms with Gasteiger partial charge < -0.3 is 14.8 Å². The number of rotatable bonds is 9. The third kappa shape index (κ3) is 6.77. The summed E-state index contributed by atoms with van der Waals surface area (Å²) < 4.78 is 38.2. The molecule has 0 aliphatic carbocycles. The van der Waals surface area contributed by atoms with Crippen LogP contribution in [0.25, 0.3) is 0 Å². The highest BCUT2D eigenvalue weighted by Crippen LogP contribution is 2.28. The van der Waals surface area contributed by atoms with E-state index in [1.807, 2.05) is 31.2 Å². The van der Waals surface area contributed by atoms with Crippen LogP contribution in [0.15, 0.2) is 71.6 Å². The standard InChI is InChI=1S/C23H22Cl2N2O5S/c1-15(16-3-9-19(31-2)10-4-16)26-23(28)14-32-22-12-11-20(13-21(22)25)33(29,30)27-18-7-5-17(24)6-8-18/h3-13,15,27H,14H2,1-2H3,(H,26,28). The van der Waals surface area contributed by atoms with Crippen LogP contribution in [-0.4, -0.2) is 28.0 Å². The first-order chi connectivity index (χ1) is 15.7. The lowest BCUT2D eigenvalue weighted by Crippen LogP contribution is -2.31. The second-order valence-electron chi connectivity index (χ2n) is 7.06. The van der Waals surface area contributed by atoms with Gasteiger partial charge in [-0.05, 0) is 67.1 Å². The van der Waals surface area contributed by atoms with E-state index in [-0.39, 0.29) is 34.2 Å². The lowest BCUT2D eigenvalue weighted by Gasteiger charge is -2.16. The molecule has 3 rings (SSSR count). The number of carbonyl (C=O) groups excluding carboxylic acids is 1. The van der Waals surface area contributed by atoms with Gasteiger partial charge >= 0.3 is 0 Å². The highest BCUT2D eigenvalue weighted by molar-refractivity contribution is 7.92. The number of benzene rings is 3. The van der Waals surface area contributed by atoms with Crippen LogP contribution in [0.1, 0.15) is 18.5 Å². The van der Waals surface area contributed by atoms with Crippen molar-refractivity contribution in [2.45, 2.75) is 17.9 Å². The van der Waals surface area contributed by atoms with Crippen molar-refractivity contribution in [2.75, 3.05) is 18.4 Å². The van der Waals surface area contributed by atoms with E-state index in [4.69, 9.17) is 32.7 Å². The Bertz CT molecular complexity index is 1220. The van der Waals surface area contributed by atoms with Crippen LogP contribution < -0.4 is 19.5 Å². The van der Waals surface area contributed by atoms with Gasteiger partial charge in [0.2, 0.25) is 0 Å². The van der Waals surface area contributed by atoms with Crippen LogP contribution in [0, 0.1) is 0 Å². The number of ether oxygens (including phenoxy) is 2. The van der Waals surface area contributed by atoms with E-state index in [0.29, 0.717) is 10.7 Å². The number of halogens is 2. The molecule has 1 unspecified atom stereocenters. The number of anilines is 1. The van der Waals surface area contributed by atoms with Gasteiger partial charge in [-0.3, -0.25) is 9.52 Å². The van der Waals surface area contributed by atoms with E-state index in [9.17, 15) is 13.2 Å². The Morgan fingerprint density at radius 1 is 1.00 bits per heavy atom. The maximum absolute atomic E-state index is 12.6. The van der Waals surface area contributed by atoms with Gasteiger partial charge in [0.1, 0.15) is 11.5 Å². The zero-order chi connectivity index (χ0) is 24.0. The van der Waals surface area contributed by atoms with E-state index in [2.05, 4.69) is 10.0 Å². The molecule has 174 valence electrons. The van der Waals surface area contributed by atoms with Gasteiger partial charge in [-0.15, -0.1) is 0 Å². The molecule has 0 aromatic heterocycles. The second-order valence-corrected chi connectivity index (χ2v) is 9.58. The monoisotopic (exact) mass is 508 g/mol. The quantitative estimate of drug-likeness (QED) is 0.421. The van der Waals surface area contributed by atoms with Crippen LogP contribution in [0.5, 0.6) is 11.5 Å². The van der Waals surface area contributed by atoms with E-state index in [0.717, 1.165) is 11.3 Å². The minimum Gasteiger partial charge on any atom is -0.497 e. The Kier molecular flexibility index (Phi) is 8.07. The Hall–Kier alpha value is -2.94. The number of sulfonamides is 1. The maximum Gasteiger partial charge on any atom is 0.261 e. The summed E-state index contributed by atoms with van der Waals surface area (Å²) in [5.74, 6) is 0.564. The summed E-state index contributed by atoms with van der Waals surface area (Å²) in [4.78, 5) is 12.2. The summed E-state index contributed by atoms with van der Waals surface area (Å²) in [5.41, 5.74) is 1.27. The third-order valence-electron chi connectivity index (χ3n) is 4.66. The molecule has 1 amide bonds. The van der Waals surface area contributed by atoms with Crippen molar-refractivity contribution in [1.82, 2.24) is 5.32 Å². The number of nitrogens with one attached hydrogen (secondary N) is 2. The smallest absolute Gasteiger partial charge is 0.261 e.